The van der Waals surface area contributed by atoms with Gasteiger partial charge in [-0.15, -0.1) is 0 Å². The van der Waals surface area contributed by atoms with Crippen LogP contribution < -0.4 is 5.73 Å². The Morgan fingerprint density at radius 1 is 1.37 bits per heavy atom. The van der Waals surface area contributed by atoms with Gasteiger partial charge in [-0.25, -0.2) is 4.79 Å². The van der Waals surface area contributed by atoms with Gasteiger partial charge in [0.1, 0.15) is 23.3 Å². The smallest absolute Gasteiger partial charge is 0.379 e. The van der Waals surface area contributed by atoms with Crippen LogP contribution in [-0.2, 0) is 9.53 Å². The molecule has 0 aliphatic heterocycles. The maximum atomic E-state index is 13.7. The summed E-state index contributed by atoms with van der Waals surface area (Å²) in [5, 5.41) is 27.9. The van der Waals surface area contributed by atoms with E-state index in [1.165, 1.54) is 6.92 Å². The van der Waals surface area contributed by atoms with Gasteiger partial charge in [0.05, 0.1) is 12.2 Å². The van der Waals surface area contributed by atoms with E-state index in [0.717, 1.165) is 12.1 Å². The fraction of sp³-hybridized carbons (Fsp3) is 0.364. The molecule has 0 fully saturated rings. The topological polar surface area (TPSA) is 113 Å². The lowest BCUT2D eigenvalue weighted by atomic mass is 9.99. The van der Waals surface area contributed by atoms with E-state index in [4.69, 9.17) is 10.8 Å². The summed E-state index contributed by atoms with van der Waals surface area (Å²) >= 11 is 0. The molecule has 1 rings (SSSR count). The quantitative estimate of drug-likeness (QED) is 0.611. The average Bonchev–Trinajstić information content (AvgIpc) is 2.27. The Kier molecular flexibility index (Phi) is 4.15. The first-order valence-corrected chi connectivity index (χ1v) is 5.27. The number of hydrogen-bond acceptors (Lipinski definition) is 6. The van der Waals surface area contributed by atoms with Crippen LogP contribution in [0.15, 0.2) is 12.1 Å². The summed E-state index contributed by atoms with van der Waals surface area (Å²) in [5.41, 5.74) is 4.45. The fourth-order valence-corrected chi connectivity index (χ4v) is 1.46. The third kappa shape index (κ3) is 2.84. The zero-order chi connectivity index (χ0) is 14.8. The summed E-state index contributed by atoms with van der Waals surface area (Å²) < 4.78 is 31.5. The van der Waals surface area contributed by atoms with Crippen LogP contribution in [0.1, 0.15) is 18.5 Å². The van der Waals surface area contributed by atoms with Crippen LogP contribution in [0.25, 0.3) is 0 Å². The van der Waals surface area contributed by atoms with Gasteiger partial charge in [-0.2, -0.15) is 8.78 Å². The second-order valence-electron chi connectivity index (χ2n) is 3.72. The predicted molar refractivity (Wildman–Crippen MR) is 59.9 cm³/mol. The lowest BCUT2D eigenvalue weighted by Gasteiger charge is -2.23. The Balaban J connectivity index is 3.19. The lowest BCUT2D eigenvalue weighted by molar-refractivity contribution is -0.174. The second kappa shape index (κ2) is 5.27. The molecule has 1 aromatic rings. The summed E-state index contributed by atoms with van der Waals surface area (Å²) in [6.45, 7) is 1.07. The molecular formula is C11H13F2NO5. The number of ether oxygens (including phenoxy) is 1. The Morgan fingerprint density at radius 3 is 2.26 bits per heavy atom. The van der Waals surface area contributed by atoms with E-state index in [2.05, 4.69) is 4.74 Å². The number of phenols is 3. The van der Waals surface area contributed by atoms with E-state index in [1.807, 2.05) is 0 Å². The van der Waals surface area contributed by atoms with E-state index in [0.29, 0.717) is 0 Å². The maximum absolute atomic E-state index is 13.7. The van der Waals surface area contributed by atoms with Gasteiger partial charge in [0.25, 0.3) is 0 Å². The average molecular weight is 277 g/mol. The van der Waals surface area contributed by atoms with Gasteiger partial charge in [0.2, 0.25) is 0 Å². The SMILES string of the molecule is CCOC(=O)C(F)(F)[C@@H](N)c1c(O)cc(O)cc1O. The molecule has 0 unspecified atom stereocenters. The highest BCUT2D eigenvalue weighted by Gasteiger charge is 2.49. The molecule has 0 bridgehead atoms. The minimum Gasteiger partial charge on any atom is -0.508 e. The molecule has 6 nitrogen and oxygen atoms in total. The number of aromatic hydroxyl groups is 3. The molecule has 0 radical (unpaired) electrons. The molecule has 1 atom stereocenters. The highest BCUT2D eigenvalue weighted by atomic mass is 19.3. The molecular weight excluding hydrogens is 264 g/mol. The summed E-state index contributed by atoms with van der Waals surface area (Å²) in [4.78, 5) is 11.1. The van der Waals surface area contributed by atoms with Gasteiger partial charge in [0, 0.05) is 12.1 Å². The fourth-order valence-electron chi connectivity index (χ4n) is 1.46. The summed E-state index contributed by atoms with van der Waals surface area (Å²) in [5.74, 6) is -8.25. The summed E-state index contributed by atoms with van der Waals surface area (Å²) in [6, 6.07) is -0.876. The van der Waals surface area contributed by atoms with Crippen molar-refractivity contribution in [2.75, 3.05) is 6.61 Å². The van der Waals surface area contributed by atoms with Gasteiger partial charge >= 0.3 is 11.9 Å². The molecule has 0 heterocycles. The Bertz CT molecular complexity index is 469. The molecule has 0 aliphatic rings. The molecule has 1 aromatic carbocycles. The van der Waals surface area contributed by atoms with Gasteiger partial charge in [-0.05, 0) is 6.92 Å². The van der Waals surface area contributed by atoms with Crippen molar-refractivity contribution < 1.29 is 33.6 Å². The third-order valence-electron chi connectivity index (χ3n) is 2.37. The monoisotopic (exact) mass is 277 g/mol. The molecule has 0 aromatic heterocycles. The molecule has 8 heteroatoms. The summed E-state index contributed by atoms with van der Waals surface area (Å²) in [6.07, 6.45) is 0. The number of nitrogens with two attached hydrogens (primary N) is 1. The molecule has 5 N–H and O–H groups in total. The van der Waals surface area contributed by atoms with E-state index >= 15 is 0 Å². The third-order valence-corrected chi connectivity index (χ3v) is 2.37. The van der Waals surface area contributed by atoms with Crippen molar-refractivity contribution in [3.63, 3.8) is 0 Å². The Morgan fingerprint density at radius 2 is 1.84 bits per heavy atom. The zero-order valence-electron chi connectivity index (χ0n) is 9.93. The van der Waals surface area contributed by atoms with Gasteiger partial charge in [0.15, 0.2) is 0 Å². The van der Waals surface area contributed by atoms with Crippen LogP contribution in [0, 0.1) is 0 Å². The number of carbonyl (C=O) groups excluding carboxylic acids is 1. The van der Waals surface area contributed by atoms with Gasteiger partial charge in [-0.3, -0.25) is 0 Å². The minimum atomic E-state index is -4.14. The first kappa shape index (κ1) is 15.0. The number of halogens is 2. The van der Waals surface area contributed by atoms with E-state index in [9.17, 15) is 23.8 Å². The van der Waals surface area contributed by atoms with E-state index in [-0.39, 0.29) is 6.61 Å². The molecule has 0 spiro atoms. The van der Waals surface area contributed by atoms with Crippen molar-refractivity contribution >= 4 is 5.97 Å². The number of carbonyl (C=O) groups is 1. The van der Waals surface area contributed by atoms with Crippen LogP contribution in [0.5, 0.6) is 17.2 Å². The van der Waals surface area contributed by atoms with Crippen LogP contribution in [-0.4, -0.2) is 33.8 Å². The highest BCUT2D eigenvalue weighted by Crippen LogP contribution is 2.41. The van der Waals surface area contributed by atoms with Crippen LogP contribution in [0.4, 0.5) is 8.78 Å². The Labute approximate surface area is 107 Å². The zero-order valence-corrected chi connectivity index (χ0v) is 9.93. The van der Waals surface area contributed by atoms with Crippen molar-refractivity contribution in [1.82, 2.24) is 0 Å². The largest absolute Gasteiger partial charge is 0.508 e. The predicted octanol–water partition coefficient (Wildman–Crippen LogP) is 1.00. The van der Waals surface area contributed by atoms with Crippen LogP contribution in [0.2, 0.25) is 0 Å². The molecule has 0 aliphatic carbocycles. The first-order chi connectivity index (χ1) is 8.71. The lowest BCUT2D eigenvalue weighted by Crippen LogP contribution is -2.41. The molecule has 106 valence electrons. The van der Waals surface area contributed by atoms with Crippen molar-refractivity contribution in [2.45, 2.75) is 18.9 Å². The maximum Gasteiger partial charge on any atom is 0.379 e. The van der Waals surface area contributed by atoms with Gasteiger partial charge in [-0.1, -0.05) is 0 Å². The second-order valence-corrected chi connectivity index (χ2v) is 3.72. The molecule has 0 amide bonds. The molecule has 0 saturated carbocycles. The van der Waals surface area contributed by atoms with Gasteiger partial charge < -0.3 is 25.8 Å². The van der Waals surface area contributed by atoms with Crippen molar-refractivity contribution in [2.24, 2.45) is 5.73 Å². The van der Waals surface area contributed by atoms with Crippen molar-refractivity contribution in [3.8, 4) is 17.2 Å². The first-order valence-electron chi connectivity index (χ1n) is 5.27. The number of rotatable bonds is 4. The van der Waals surface area contributed by atoms with Crippen LogP contribution in [0.3, 0.4) is 0 Å². The summed E-state index contributed by atoms with van der Waals surface area (Å²) in [7, 11) is 0. The number of phenolic OH excluding ortho intramolecular Hbond substituents is 3. The highest BCUT2D eigenvalue weighted by molar-refractivity contribution is 5.79. The number of esters is 1. The normalized spacial score (nSPS) is 13.1. The van der Waals surface area contributed by atoms with Crippen molar-refractivity contribution in [1.29, 1.82) is 0 Å². The molecule has 19 heavy (non-hydrogen) atoms. The van der Waals surface area contributed by atoms with Crippen LogP contribution >= 0.6 is 0 Å². The van der Waals surface area contributed by atoms with E-state index in [1.54, 1.807) is 0 Å². The number of hydrogen-bond donors (Lipinski definition) is 4. The number of benzene rings is 1. The molecule has 0 saturated heterocycles. The standard InChI is InChI=1S/C11H13F2NO5/c1-2-19-10(18)11(12,13)9(14)8-6(16)3-5(15)4-7(8)17/h3-4,9,15-17H,2,14H2,1H3/t9-/m0/s1. The number of alkyl halides is 2. The van der Waals surface area contributed by atoms with Crippen molar-refractivity contribution in [3.05, 3.63) is 17.7 Å². The Hall–Kier alpha value is -2.09. The minimum absolute atomic E-state index is 0.269. The van der Waals surface area contributed by atoms with E-state index < -0.39 is 40.7 Å².